The van der Waals surface area contributed by atoms with Crippen LogP contribution in [-0.2, 0) is 13.5 Å². The third kappa shape index (κ3) is 3.58. The molecule has 2 heterocycles. The average Bonchev–Trinajstić information content (AvgIpc) is 3.10. The molecule has 1 aromatic heterocycles. The highest BCUT2D eigenvalue weighted by atomic mass is 16.5. The van der Waals surface area contributed by atoms with Crippen molar-refractivity contribution in [3.63, 3.8) is 0 Å². The van der Waals surface area contributed by atoms with Gasteiger partial charge in [0.15, 0.2) is 0 Å². The molecule has 5 heteroatoms. The monoisotopic (exact) mass is 361 g/mol. The number of aromatic nitrogens is 2. The molecule has 0 N–H and O–H groups in total. The molecular weight excluding hydrogens is 338 g/mol. The highest BCUT2D eigenvalue weighted by molar-refractivity contribution is 5.95. The first-order valence-corrected chi connectivity index (χ1v) is 9.26. The lowest BCUT2D eigenvalue weighted by Gasteiger charge is -2.39. The molecule has 0 aliphatic carbocycles. The molecule has 138 valence electrons. The normalized spacial score (nSPS) is 14.1. The lowest BCUT2D eigenvalue weighted by molar-refractivity contribution is 0.0177. The molecule has 1 aliphatic heterocycles. The molecule has 0 unspecified atom stereocenters. The molecule has 1 saturated heterocycles. The zero-order valence-electron chi connectivity index (χ0n) is 15.6. The molecule has 5 nitrogen and oxygen atoms in total. The largest absolute Gasteiger partial charge is 0.487 e. The van der Waals surface area contributed by atoms with Crippen molar-refractivity contribution in [2.75, 3.05) is 13.1 Å². The number of aryl methyl sites for hydroxylation is 2. The van der Waals surface area contributed by atoms with Crippen molar-refractivity contribution >= 4 is 5.91 Å². The van der Waals surface area contributed by atoms with Gasteiger partial charge in [-0.05, 0) is 36.2 Å². The summed E-state index contributed by atoms with van der Waals surface area (Å²) in [4.78, 5) is 18.8. The number of rotatable bonds is 5. The fraction of sp³-hybridized carbons (Fsp3) is 0.273. The number of nitrogens with zero attached hydrogens (tertiary/aromatic N) is 3. The van der Waals surface area contributed by atoms with Crippen LogP contribution in [0.15, 0.2) is 60.9 Å². The second-order valence-corrected chi connectivity index (χ2v) is 6.89. The average molecular weight is 361 g/mol. The van der Waals surface area contributed by atoms with Crippen molar-refractivity contribution < 1.29 is 9.53 Å². The fourth-order valence-corrected chi connectivity index (χ4v) is 3.30. The number of carbonyl (C=O) groups is 1. The Hall–Kier alpha value is -3.08. The van der Waals surface area contributed by atoms with E-state index in [9.17, 15) is 4.79 Å². The minimum Gasteiger partial charge on any atom is -0.487 e. The van der Waals surface area contributed by atoms with Gasteiger partial charge in [-0.1, -0.05) is 31.2 Å². The van der Waals surface area contributed by atoms with Gasteiger partial charge in [0.25, 0.3) is 5.91 Å². The number of carbonyl (C=O) groups excluding carboxylic acids is 1. The van der Waals surface area contributed by atoms with Crippen molar-refractivity contribution in [3.8, 4) is 17.1 Å². The van der Waals surface area contributed by atoms with Gasteiger partial charge in [-0.15, -0.1) is 0 Å². The summed E-state index contributed by atoms with van der Waals surface area (Å²) in [5.74, 6) is 1.81. The first kappa shape index (κ1) is 17.3. The van der Waals surface area contributed by atoms with Gasteiger partial charge in [-0.3, -0.25) is 4.79 Å². The van der Waals surface area contributed by atoms with Gasteiger partial charge < -0.3 is 14.2 Å². The standard InChI is InChI=1S/C22H23N3O2/c1-3-16-5-4-6-19(13-16)27-20-14-25(15-20)22(26)18-9-7-17(8-10-18)21-23-11-12-24(21)2/h4-13,20H,3,14-15H2,1-2H3. The van der Waals surface area contributed by atoms with Crippen LogP contribution in [0, 0.1) is 0 Å². The smallest absolute Gasteiger partial charge is 0.254 e. The van der Waals surface area contributed by atoms with E-state index < -0.39 is 0 Å². The molecule has 27 heavy (non-hydrogen) atoms. The summed E-state index contributed by atoms with van der Waals surface area (Å²) >= 11 is 0. The van der Waals surface area contributed by atoms with E-state index in [1.807, 2.05) is 59.1 Å². The number of imidazole rings is 1. The van der Waals surface area contributed by atoms with Crippen LogP contribution in [0.25, 0.3) is 11.4 Å². The van der Waals surface area contributed by atoms with Gasteiger partial charge in [-0.2, -0.15) is 0 Å². The fourth-order valence-electron chi connectivity index (χ4n) is 3.30. The van der Waals surface area contributed by atoms with E-state index in [4.69, 9.17) is 4.74 Å². The predicted molar refractivity (Wildman–Crippen MR) is 105 cm³/mol. The van der Waals surface area contributed by atoms with Crippen molar-refractivity contribution in [2.24, 2.45) is 7.05 Å². The van der Waals surface area contributed by atoms with E-state index in [0.717, 1.165) is 23.6 Å². The second kappa shape index (κ2) is 7.27. The Labute approximate surface area is 159 Å². The maximum Gasteiger partial charge on any atom is 0.254 e. The van der Waals surface area contributed by atoms with Gasteiger partial charge in [-0.25, -0.2) is 4.98 Å². The van der Waals surface area contributed by atoms with Crippen molar-refractivity contribution in [2.45, 2.75) is 19.4 Å². The molecule has 1 fully saturated rings. The van der Waals surface area contributed by atoms with Crippen LogP contribution in [0.3, 0.4) is 0 Å². The van der Waals surface area contributed by atoms with E-state index in [2.05, 4.69) is 24.0 Å². The van der Waals surface area contributed by atoms with Gasteiger partial charge in [0.2, 0.25) is 0 Å². The predicted octanol–water partition coefficient (Wildman–Crippen LogP) is 3.55. The summed E-state index contributed by atoms with van der Waals surface area (Å²) in [7, 11) is 1.96. The van der Waals surface area contributed by atoms with Crippen LogP contribution in [-0.4, -0.2) is 39.6 Å². The summed E-state index contributed by atoms with van der Waals surface area (Å²) in [6.07, 6.45) is 4.73. The Morgan fingerprint density at radius 1 is 1.19 bits per heavy atom. The maximum atomic E-state index is 12.6. The molecule has 1 amide bonds. The number of ether oxygens (including phenoxy) is 1. The van der Waals surface area contributed by atoms with Gasteiger partial charge in [0, 0.05) is 30.6 Å². The minimum atomic E-state index is 0.0450. The highest BCUT2D eigenvalue weighted by Crippen LogP contribution is 2.22. The summed E-state index contributed by atoms with van der Waals surface area (Å²) in [6.45, 7) is 3.37. The Balaban J connectivity index is 1.35. The quantitative estimate of drug-likeness (QED) is 0.698. The number of amides is 1. The summed E-state index contributed by atoms with van der Waals surface area (Å²) in [5, 5.41) is 0. The molecule has 0 radical (unpaired) electrons. The molecule has 3 aromatic rings. The third-order valence-electron chi connectivity index (χ3n) is 4.96. The molecule has 0 atom stereocenters. The second-order valence-electron chi connectivity index (χ2n) is 6.89. The molecule has 0 bridgehead atoms. The number of hydrogen-bond acceptors (Lipinski definition) is 3. The van der Waals surface area contributed by atoms with Crippen LogP contribution >= 0.6 is 0 Å². The van der Waals surface area contributed by atoms with E-state index in [1.165, 1.54) is 5.56 Å². The summed E-state index contributed by atoms with van der Waals surface area (Å²) in [6, 6.07) is 15.8. The molecule has 1 aliphatic rings. The van der Waals surface area contributed by atoms with E-state index >= 15 is 0 Å². The maximum absolute atomic E-state index is 12.6. The first-order chi connectivity index (χ1) is 13.1. The van der Waals surface area contributed by atoms with Crippen LogP contribution in [0.4, 0.5) is 0 Å². The minimum absolute atomic E-state index is 0.0450. The van der Waals surface area contributed by atoms with Gasteiger partial charge >= 0.3 is 0 Å². The lowest BCUT2D eigenvalue weighted by Crippen LogP contribution is -2.56. The Kier molecular flexibility index (Phi) is 4.67. The molecule has 4 rings (SSSR count). The van der Waals surface area contributed by atoms with Crippen LogP contribution < -0.4 is 4.74 Å². The Morgan fingerprint density at radius 2 is 1.96 bits per heavy atom. The van der Waals surface area contributed by atoms with Crippen molar-refractivity contribution in [1.82, 2.24) is 14.5 Å². The zero-order valence-corrected chi connectivity index (χ0v) is 15.6. The van der Waals surface area contributed by atoms with Gasteiger partial charge in [0.1, 0.15) is 17.7 Å². The van der Waals surface area contributed by atoms with E-state index in [1.54, 1.807) is 6.20 Å². The number of likely N-dealkylation sites (tertiary alicyclic amines) is 1. The lowest BCUT2D eigenvalue weighted by atomic mass is 10.1. The zero-order chi connectivity index (χ0) is 18.8. The molecule has 0 saturated carbocycles. The molecule has 0 spiro atoms. The SMILES string of the molecule is CCc1cccc(OC2CN(C(=O)c3ccc(-c4nccn4C)cc3)C2)c1. The van der Waals surface area contributed by atoms with Crippen molar-refractivity contribution in [1.29, 1.82) is 0 Å². The Morgan fingerprint density at radius 3 is 2.63 bits per heavy atom. The topological polar surface area (TPSA) is 47.4 Å². The van der Waals surface area contributed by atoms with Crippen molar-refractivity contribution in [3.05, 3.63) is 72.1 Å². The summed E-state index contributed by atoms with van der Waals surface area (Å²) in [5.41, 5.74) is 2.95. The highest BCUT2D eigenvalue weighted by Gasteiger charge is 2.32. The molecular formula is C22H23N3O2. The van der Waals surface area contributed by atoms with Crippen LogP contribution in [0.1, 0.15) is 22.8 Å². The first-order valence-electron chi connectivity index (χ1n) is 9.26. The van der Waals surface area contributed by atoms with Crippen LogP contribution in [0.5, 0.6) is 5.75 Å². The number of hydrogen-bond donors (Lipinski definition) is 0. The third-order valence-corrected chi connectivity index (χ3v) is 4.96. The summed E-state index contributed by atoms with van der Waals surface area (Å²) < 4.78 is 7.95. The van der Waals surface area contributed by atoms with Crippen LogP contribution in [0.2, 0.25) is 0 Å². The Bertz CT molecular complexity index is 940. The van der Waals surface area contributed by atoms with E-state index in [-0.39, 0.29) is 12.0 Å². The number of benzene rings is 2. The van der Waals surface area contributed by atoms with Gasteiger partial charge in [0.05, 0.1) is 13.1 Å². The van der Waals surface area contributed by atoms with E-state index in [0.29, 0.717) is 18.7 Å². The molecule has 2 aromatic carbocycles.